The molecule has 3 aliphatic rings. The smallest absolute Gasteiger partial charge is 0.0320 e. The summed E-state index contributed by atoms with van der Waals surface area (Å²) in [5.41, 5.74) is 12.6. The molecule has 2 unspecified atom stereocenters. The van der Waals surface area contributed by atoms with E-state index in [2.05, 4.69) is 72.9 Å². The third-order valence-corrected chi connectivity index (χ3v) is 6.14. The Kier molecular flexibility index (Phi) is 2.71. The van der Waals surface area contributed by atoms with Crippen LogP contribution in [0.15, 0.2) is 84.0 Å². The fourth-order valence-corrected chi connectivity index (χ4v) is 4.95. The SMILES string of the molecule is Nc1ccc2cc3cc4c(cc3cc2c1)C1CC=CC2=CC=CC(=C4)C21. The van der Waals surface area contributed by atoms with Crippen LogP contribution in [-0.4, -0.2) is 0 Å². The van der Waals surface area contributed by atoms with Gasteiger partial charge in [0.25, 0.3) is 0 Å². The molecule has 6 rings (SSSR count). The summed E-state index contributed by atoms with van der Waals surface area (Å²) in [6, 6.07) is 15.5. The van der Waals surface area contributed by atoms with E-state index in [1.165, 1.54) is 43.8 Å². The van der Waals surface area contributed by atoms with Crippen LogP contribution < -0.4 is 5.73 Å². The summed E-state index contributed by atoms with van der Waals surface area (Å²) < 4.78 is 0. The van der Waals surface area contributed by atoms with Gasteiger partial charge in [-0.05, 0) is 86.5 Å². The number of fused-ring (bicyclic) bond motifs is 4. The molecular weight excluding hydrogens is 314 g/mol. The van der Waals surface area contributed by atoms with Crippen LogP contribution in [0.5, 0.6) is 0 Å². The van der Waals surface area contributed by atoms with Crippen LogP contribution in [0.25, 0.3) is 27.6 Å². The Hall–Kier alpha value is -3.06. The third kappa shape index (κ3) is 1.91. The molecule has 1 nitrogen and oxygen atoms in total. The number of nitrogens with two attached hydrogens (primary N) is 1. The molecule has 2 atom stereocenters. The highest BCUT2D eigenvalue weighted by Gasteiger charge is 2.34. The third-order valence-electron chi connectivity index (χ3n) is 6.14. The van der Waals surface area contributed by atoms with Gasteiger partial charge in [-0.3, -0.25) is 0 Å². The van der Waals surface area contributed by atoms with Crippen molar-refractivity contribution in [3.63, 3.8) is 0 Å². The van der Waals surface area contributed by atoms with Crippen molar-refractivity contribution < 1.29 is 0 Å². The Morgan fingerprint density at radius 2 is 1.65 bits per heavy atom. The zero-order chi connectivity index (χ0) is 17.3. The lowest BCUT2D eigenvalue weighted by molar-refractivity contribution is 0.544. The summed E-state index contributed by atoms with van der Waals surface area (Å²) in [5.74, 6) is 1.07. The quantitative estimate of drug-likeness (QED) is 0.389. The van der Waals surface area contributed by atoms with Crippen LogP contribution in [0.1, 0.15) is 23.5 Å². The van der Waals surface area contributed by atoms with Gasteiger partial charge in [-0.1, -0.05) is 48.6 Å². The standard InChI is InChI=1S/C25H19N/c26-22-8-7-16-9-18-12-21-10-17-5-1-3-15-4-2-6-23(25(15)17)24(21)14-20(18)11-19(16)13-22/h1-5,7-14,23,25H,6,26H2. The number of rotatable bonds is 0. The first-order valence-electron chi connectivity index (χ1n) is 9.30. The lowest BCUT2D eigenvalue weighted by Gasteiger charge is -2.38. The number of anilines is 1. The molecule has 0 spiro atoms. The largest absolute Gasteiger partial charge is 0.399 e. The molecule has 0 saturated heterocycles. The molecule has 124 valence electrons. The molecule has 0 bridgehead atoms. The van der Waals surface area contributed by atoms with Gasteiger partial charge in [-0.15, -0.1) is 0 Å². The second-order valence-corrected chi connectivity index (χ2v) is 7.68. The summed E-state index contributed by atoms with van der Waals surface area (Å²) in [6.07, 6.45) is 14.9. The van der Waals surface area contributed by atoms with Gasteiger partial charge < -0.3 is 5.73 Å². The average molecular weight is 333 g/mol. The van der Waals surface area contributed by atoms with Gasteiger partial charge in [-0.25, -0.2) is 0 Å². The molecule has 0 fully saturated rings. The van der Waals surface area contributed by atoms with Crippen LogP contribution in [0.3, 0.4) is 0 Å². The van der Waals surface area contributed by atoms with E-state index in [0.717, 1.165) is 12.1 Å². The minimum absolute atomic E-state index is 0.519. The van der Waals surface area contributed by atoms with Gasteiger partial charge in [0.05, 0.1) is 0 Å². The van der Waals surface area contributed by atoms with Crippen LogP contribution >= 0.6 is 0 Å². The van der Waals surface area contributed by atoms with Crippen molar-refractivity contribution in [1.82, 2.24) is 0 Å². The molecule has 1 heteroatoms. The average Bonchev–Trinajstić information content (AvgIpc) is 2.66. The number of hydrogen-bond donors (Lipinski definition) is 1. The molecule has 0 radical (unpaired) electrons. The summed E-state index contributed by atoms with van der Waals surface area (Å²) in [4.78, 5) is 0. The summed E-state index contributed by atoms with van der Waals surface area (Å²) in [6.45, 7) is 0. The number of nitrogen functional groups attached to an aromatic ring is 1. The van der Waals surface area contributed by atoms with E-state index in [9.17, 15) is 0 Å². The monoisotopic (exact) mass is 333 g/mol. The maximum atomic E-state index is 5.99. The zero-order valence-electron chi connectivity index (χ0n) is 14.4. The molecule has 26 heavy (non-hydrogen) atoms. The van der Waals surface area contributed by atoms with Gasteiger partial charge in [0.1, 0.15) is 0 Å². The van der Waals surface area contributed by atoms with Gasteiger partial charge in [0.2, 0.25) is 0 Å². The van der Waals surface area contributed by atoms with E-state index in [0.29, 0.717) is 11.8 Å². The Balaban J connectivity index is 1.63. The highest BCUT2D eigenvalue weighted by Crippen LogP contribution is 2.49. The van der Waals surface area contributed by atoms with E-state index < -0.39 is 0 Å². The van der Waals surface area contributed by atoms with Crippen molar-refractivity contribution in [2.75, 3.05) is 5.73 Å². The van der Waals surface area contributed by atoms with Gasteiger partial charge in [0, 0.05) is 11.6 Å². The summed E-state index contributed by atoms with van der Waals surface area (Å²) in [5, 5.41) is 5.08. The fourth-order valence-electron chi connectivity index (χ4n) is 4.95. The minimum Gasteiger partial charge on any atom is -0.399 e. The Morgan fingerprint density at radius 1 is 0.808 bits per heavy atom. The predicted molar refractivity (Wildman–Crippen MR) is 111 cm³/mol. The van der Waals surface area contributed by atoms with E-state index in [1.54, 1.807) is 0 Å². The van der Waals surface area contributed by atoms with Crippen molar-refractivity contribution in [3.05, 3.63) is 95.1 Å². The Morgan fingerprint density at radius 3 is 2.62 bits per heavy atom. The van der Waals surface area contributed by atoms with Crippen molar-refractivity contribution in [2.45, 2.75) is 12.3 Å². The fraction of sp³-hybridized carbons (Fsp3) is 0.120. The molecular formula is C25H19N. The molecule has 0 aliphatic heterocycles. The maximum absolute atomic E-state index is 5.99. The molecule has 0 amide bonds. The van der Waals surface area contributed by atoms with Crippen LogP contribution in [-0.2, 0) is 0 Å². The lowest BCUT2D eigenvalue weighted by Crippen LogP contribution is -2.24. The molecule has 3 aromatic rings. The van der Waals surface area contributed by atoms with E-state index in [1.807, 2.05) is 6.07 Å². The second kappa shape index (κ2) is 4.98. The first-order valence-corrected chi connectivity index (χ1v) is 9.30. The van der Waals surface area contributed by atoms with Crippen molar-refractivity contribution >= 4 is 33.3 Å². The summed E-state index contributed by atoms with van der Waals surface area (Å²) >= 11 is 0. The highest BCUT2D eigenvalue weighted by molar-refractivity contribution is 6.00. The van der Waals surface area contributed by atoms with Crippen LogP contribution in [0.4, 0.5) is 5.69 Å². The lowest BCUT2D eigenvalue weighted by atomic mass is 9.66. The molecule has 3 aromatic carbocycles. The van der Waals surface area contributed by atoms with Gasteiger partial charge in [-0.2, -0.15) is 0 Å². The van der Waals surface area contributed by atoms with E-state index in [4.69, 9.17) is 5.73 Å². The topological polar surface area (TPSA) is 26.0 Å². The maximum Gasteiger partial charge on any atom is 0.0320 e. The van der Waals surface area contributed by atoms with Crippen molar-refractivity contribution in [2.24, 2.45) is 5.92 Å². The summed E-state index contributed by atoms with van der Waals surface area (Å²) in [7, 11) is 0. The van der Waals surface area contributed by atoms with Crippen LogP contribution in [0, 0.1) is 5.92 Å². The van der Waals surface area contributed by atoms with E-state index >= 15 is 0 Å². The van der Waals surface area contributed by atoms with Crippen LogP contribution in [0.2, 0.25) is 0 Å². The minimum atomic E-state index is 0.519. The number of hydrogen-bond acceptors (Lipinski definition) is 1. The van der Waals surface area contributed by atoms with E-state index in [-0.39, 0.29) is 0 Å². The molecule has 0 saturated carbocycles. The van der Waals surface area contributed by atoms with Crippen molar-refractivity contribution in [3.8, 4) is 0 Å². The second-order valence-electron chi connectivity index (χ2n) is 7.68. The van der Waals surface area contributed by atoms with Gasteiger partial charge >= 0.3 is 0 Å². The Bertz CT molecular complexity index is 1220. The van der Waals surface area contributed by atoms with Gasteiger partial charge in [0.15, 0.2) is 0 Å². The molecule has 0 aromatic heterocycles. The highest BCUT2D eigenvalue weighted by atomic mass is 14.5. The molecule has 0 heterocycles. The molecule has 2 N–H and O–H groups in total. The Labute approximate surface area is 152 Å². The first-order chi connectivity index (χ1) is 12.8. The number of allylic oxidation sites excluding steroid dienone is 7. The number of benzene rings is 3. The zero-order valence-corrected chi connectivity index (χ0v) is 14.4. The first kappa shape index (κ1) is 14.1. The predicted octanol–water partition coefficient (Wildman–Crippen LogP) is 6.13. The molecule has 3 aliphatic carbocycles. The van der Waals surface area contributed by atoms with Crippen molar-refractivity contribution in [1.29, 1.82) is 0 Å². The normalized spacial score (nSPS) is 22.8.